The summed E-state index contributed by atoms with van der Waals surface area (Å²) in [4.78, 5) is 0. The van der Waals surface area contributed by atoms with Crippen LogP contribution in [-0.4, -0.2) is 17.2 Å². The first kappa shape index (κ1) is 10.2. The molecule has 0 bridgehead atoms. The molecule has 1 aromatic heterocycles. The van der Waals surface area contributed by atoms with Crippen molar-refractivity contribution in [1.29, 1.82) is 0 Å². The van der Waals surface area contributed by atoms with E-state index in [0.717, 1.165) is 22.7 Å². The summed E-state index contributed by atoms with van der Waals surface area (Å²) in [5.74, 6) is 0. The van der Waals surface area contributed by atoms with Gasteiger partial charge in [-0.2, -0.15) is 5.10 Å². The third kappa shape index (κ3) is 2.19. The summed E-state index contributed by atoms with van der Waals surface area (Å²) in [7, 11) is 1.91. The minimum Gasteiger partial charge on any atom is -0.316 e. The smallest absolute Gasteiger partial charge is 0.0566 e. The summed E-state index contributed by atoms with van der Waals surface area (Å²) < 4.78 is 0. The largest absolute Gasteiger partial charge is 0.316 e. The average molecular weight is 222 g/mol. The van der Waals surface area contributed by atoms with E-state index >= 15 is 0 Å². The van der Waals surface area contributed by atoms with E-state index in [4.69, 9.17) is 11.6 Å². The second kappa shape index (κ2) is 4.47. The van der Waals surface area contributed by atoms with E-state index in [1.165, 1.54) is 5.56 Å². The number of halogens is 1. The first-order valence-electron chi connectivity index (χ1n) is 4.73. The van der Waals surface area contributed by atoms with Gasteiger partial charge in [0, 0.05) is 28.9 Å². The lowest BCUT2D eigenvalue weighted by Gasteiger charge is -2.04. The molecule has 0 aliphatic rings. The summed E-state index contributed by atoms with van der Waals surface area (Å²) in [6.45, 7) is 0.825. The van der Waals surface area contributed by atoms with Gasteiger partial charge in [0.2, 0.25) is 0 Å². The molecule has 1 heterocycles. The van der Waals surface area contributed by atoms with Crippen LogP contribution in [0.25, 0.3) is 11.1 Å². The van der Waals surface area contributed by atoms with Gasteiger partial charge in [-0.1, -0.05) is 23.7 Å². The first-order chi connectivity index (χ1) is 7.31. The second-order valence-corrected chi connectivity index (χ2v) is 3.74. The summed E-state index contributed by atoms with van der Waals surface area (Å²) in [5, 5.41) is 10.5. The van der Waals surface area contributed by atoms with E-state index in [1.54, 1.807) is 6.20 Å². The van der Waals surface area contributed by atoms with Crippen molar-refractivity contribution in [3.63, 3.8) is 0 Å². The molecule has 1 aromatic carbocycles. The number of aromatic nitrogens is 2. The zero-order chi connectivity index (χ0) is 10.7. The fraction of sp³-hybridized carbons (Fsp3) is 0.182. The van der Waals surface area contributed by atoms with Crippen molar-refractivity contribution in [1.82, 2.24) is 15.5 Å². The van der Waals surface area contributed by atoms with Gasteiger partial charge >= 0.3 is 0 Å². The van der Waals surface area contributed by atoms with Crippen molar-refractivity contribution in [3.8, 4) is 11.1 Å². The number of hydrogen-bond donors (Lipinski definition) is 2. The van der Waals surface area contributed by atoms with Crippen LogP contribution in [-0.2, 0) is 6.54 Å². The zero-order valence-corrected chi connectivity index (χ0v) is 9.17. The van der Waals surface area contributed by atoms with E-state index in [2.05, 4.69) is 21.6 Å². The molecule has 4 heteroatoms. The Hall–Kier alpha value is -1.32. The van der Waals surface area contributed by atoms with Gasteiger partial charge in [0.25, 0.3) is 0 Å². The van der Waals surface area contributed by atoms with Crippen molar-refractivity contribution in [2.24, 2.45) is 0 Å². The summed E-state index contributed by atoms with van der Waals surface area (Å²) in [6, 6.07) is 6.05. The Morgan fingerprint density at radius 2 is 2.33 bits per heavy atom. The molecule has 0 spiro atoms. The minimum absolute atomic E-state index is 0.754. The van der Waals surface area contributed by atoms with Crippen LogP contribution in [0.2, 0.25) is 5.02 Å². The highest BCUT2D eigenvalue weighted by Gasteiger charge is 2.04. The van der Waals surface area contributed by atoms with Crippen molar-refractivity contribution < 1.29 is 0 Å². The van der Waals surface area contributed by atoms with Gasteiger partial charge < -0.3 is 5.32 Å². The van der Waals surface area contributed by atoms with Crippen LogP contribution in [0.1, 0.15) is 5.56 Å². The molecule has 0 atom stereocenters. The molecule has 2 rings (SSSR count). The molecule has 2 aromatic rings. The molecule has 0 fully saturated rings. The lowest BCUT2D eigenvalue weighted by Crippen LogP contribution is -2.04. The Morgan fingerprint density at radius 3 is 2.93 bits per heavy atom. The molecule has 0 saturated carbocycles. The lowest BCUT2D eigenvalue weighted by atomic mass is 10.1. The van der Waals surface area contributed by atoms with Crippen LogP contribution >= 0.6 is 11.6 Å². The number of rotatable bonds is 3. The maximum atomic E-state index is 6.19. The standard InChI is InChI=1S/C11H12ClN3/c1-13-5-8-2-3-10(11(12)4-8)9-6-14-15-7-9/h2-4,6-7,13H,5H2,1H3,(H,14,15). The van der Waals surface area contributed by atoms with Crippen LogP contribution in [0.4, 0.5) is 0 Å². The summed E-state index contributed by atoms with van der Waals surface area (Å²) in [5.41, 5.74) is 3.19. The number of nitrogens with zero attached hydrogens (tertiary/aromatic N) is 1. The maximum absolute atomic E-state index is 6.19. The van der Waals surface area contributed by atoms with Crippen LogP contribution in [0.3, 0.4) is 0 Å². The monoisotopic (exact) mass is 221 g/mol. The van der Waals surface area contributed by atoms with E-state index in [9.17, 15) is 0 Å². The van der Waals surface area contributed by atoms with Gasteiger partial charge in [0.1, 0.15) is 0 Å². The number of nitrogens with one attached hydrogen (secondary N) is 2. The first-order valence-corrected chi connectivity index (χ1v) is 5.11. The fourth-order valence-electron chi connectivity index (χ4n) is 1.50. The Kier molecular flexibility index (Phi) is 3.04. The summed E-state index contributed by atoms with van der Waals surface area (Å²) in [6.07, 6.45) is 3.60. The quantitative estimate of drug-likeness (QED) is 0.836. The molecule has 0 saturated heterocycles. The molecule has 3 nitrogen and oxygen atoms in total. The van der Waals surface area contributed by atoms with E-state index in [-0.39, 0.29) is 0 Å². The van der Waals surface area contributed by atoms with Crippen molar-refractivity contribution in [3.05, 3.63) is 41.2 Å². The topological polar surface area (TPSA) is 40.7 Å². The summed E-state index contributed by atoms with van der Waals surface area (Å²) >= 11 is 6.19. The lowest BCUT2D eigenvalue weighted by molar-refractivity contribution is 0.818. The highest BCUT2D eigenvalue weighted by atomic mass is 35.5. The van der Waals surface area contributed by atoms with Gasteiger partial charge in [-0.25, -0.2) is 0 Å². The fourth-order valence-corrected chi connectivity index (χ4v) is 1.82. The van der Waals surface area contributed by atoms with E-state index < -0.39 is 0 Å². The predicted octanol–water partition coefficient (Wildman–Crippen LogP) is 2.45. The van der Waals surface area contributed by atoms with Gasteiger partial charge in [-0.15, -0.1) is 0 Å². The maximum Gasteiger partial charge on any atom is 0.0566 e. The third-order valence-electron chi connectivity index (χ3n) is 2.22. The van der Waals surface area contributed by atoms with Crippen molar-refractivity contribution in [2.45, 2.75) is 6.54 Å². The minimum atomic E-state index is 0.754. The molecule has 2 N–H and O–H groups in total. The third-order valence-corrected chi connectivity index (χ3v) is 2.54. The molecule has 78 valence electrons. The molecule has 15 heavy (non-hydrogen) atoms. The predicted molar refractivity (Wildman–Crippen MR) is 61.8 cm³/mol. The Bertz CT molecular complexity index is 437. The molecular formula is C11H12ClN3. The van der Waals surface area contributed by atoms with Crippen LogP contribution in [0, 0.1) is 0 Å². The van der Waals surface area contributed by atoms with Gasteiger partial charge in [-0.3, -0.25) is 5.10 Å². The number of benzene rings is 1. The van der Waals surface area contributed by atoms with Crippen molar-refractivity contribution in [2.75, 3.05) is 7.05 Å². The molecular weight excluding hydrogens is 210 g/mol. The highest BCUT2D eigenvalue weighted by Crippen LogP contribution is 2.27. The number of hydrogen-bond acceptors (Lipinski definition) is 2. The van der Waals surface area contributed by atoms with Gasteiger partial charge in [0.15, 0.2) is 0 Å². The Labute approximate surface area is 93.5 Å². The molecule has 0 aliphatic carbocycles. The Morgan fingerprint density at radius 1 is 1.47 bits per heavy atom. The van der Waals surface area contributed by atoms with Gasteiger partial charge in [-0.05, 0) is 18.7 Å². The molecule has 0 radical (unpaired) electrons. The van der Waals surface area contributed by atoms with Crippen LogP contribution < -0.4 is 5.32 Å². The zero-order valence-electron chi connectivity index (χ0n) is 8.42. The van der Waals surface area contributed by atoms with Crippen LogP contribution in [0.5, 0.6) is 0 Å². The normalized spacial score (nSPS) is 10.5. The second-order valence-electron chi connectivity index (χ2n) is 3.33. The SMILES string of the molecule is CNCc1ccc(-c2cn[nH]c2)c(Cl)c1. The number of aromatic amines is 1. The molecule has 0 unspecified atom stereocenters. The molecule has 0 aliphatic heterocycles. The Balaban J connectivity index is 2.35. The highest BCUT2D eigenvalue weighted by molar-refractivity contribution is 6.33. The van der Waals surface area contributed by atoms with E-state index in [1.807, 2.05) is 25.4 Å². The van der Waals surface area contributed by atoms with Gasteiger partial charge in [0.05, 0.1) is 6.20 Å². The van der Waals surface area contributed by atoms with Crippen LogP contribution in [0.15, 0.2) is 30.6 Å². The number of H-pyrrole nitrogens is 1. The van der Waals surface area contributed by atoms with E-state index in [0.29, 0.717) is 0 Å². The average Bonchev–Trinajstić information content (AvgIpc) is 2.71. The van der Waals surface area contributed by atoms with Crippen molar-refractivity contribution >= 4 is 11.6 Å². The molecule has 0 amide bonds.